The summed E-state index contributed by atoms with van der Waals surface area (Å²) in [4.78, 5) is 13.2. The number of carbonyl (C=O) groups excluding carboxylic acids is 1. The first-order valence-electron chi connectivity index (χ1n) is 9.58. The third-order valence-corrected chi connectivity index (χ3v) is 7.04. The Balaban J connectivity index is 1.79. The maximum atomic E-state index is 13.1. The van der Waals surface area contributed by atoms with Crippen LogP contribution in [0.3, 0.4) is 0 Å². The summed E-state index contributed by atoms with van der Waals surface area (Å²) in [6.07, 6.45) is 1.55. The second kappa shape index (κ2) is 7.46. The maximum absolute atomic E-state index is 13.1. The Labute approximate surface area is 176 Å². The number of fused-ring (bicyclic) bond motifs is 3. The average molecular weight is 419 g/mol. The number of aryl methyl sites for hydroxylation is 2. The molecule has 1 heterocycles. The highest BCUT2D eigenvalue weighted by atomic mass is 32.2. The van der Waals surface area contributed by atoms with E-state index < -0.39 is 10.0 Å². The van der Waals surface area contributed by atoms with Crippen LogP contribution < -0.4 is 9.62 Å². The number of sulfonamides is 1. The molecule has 0 saturated carbocycles. The number of amides is 1. The van der Waals surface area contributed by atoms with Gasteiger partial charge in [-0.25, -0.2) is 8.42 Å². The van der Waals surface area contributed by atoms with Gasteiger partial charge in [-0.2, -0.15) is 0 Å². The minimum atomic E-state index is -3.69. The zero-order chi connectivity index (χ0) is 21.5. The van der Waals surface area contributed by atoms with Gasteiger partial charge in [-0.3, -0.25) is 9.10 Å². The van der Waals surface area contributed by atoms with Crippen LogP contribution in [0.1, 0.15) is 21.5 Å². The van der Waals surface area contributed by atoms with E-state index in [1.807, 2.05) is 32.0 Å². The molecule has 6 heteroatoms. The number of hydrogen-bond donors (Lipinski definition) is 1. The van der Waals surface area contributed by atoms with Gasteiger partial charge in [0.1, 0.15) is 0 Å². The van der Waals surface area contributed by atoms with Gasteiger partial charge in [0.25, 0.3) is 15.9 Å². The Morgan fingerprint density at radius 3 is 2.53 bits per heavy atom. The molecule has 1 amide bonds. The average Bonchev–Trinajstić information content (AvgIpc) is 2.73. The molecular formula is C24H22N2O3S. The minimum absolute atomic E-state index is 0.151. The van der Waals surface area contributed by atoms with Gasteiger partial charge >= 0.3 is 0 Å². The van der Waals surface area contributed by atoms with Crippen LogP contribution in [-0.2, 0) is 10.0 Å². The maximum Gasteiger partial charge on any atom is 0.265 e. The number of anilines is 2. The van der Waals surface area contributed by atoms with Crippen molar-refractivity contribution in [3.05, 3.63) is 90.0 Å². The highest BCUT2D eigenvalue weighted by Crippen LogP contribution is 2.43. The largest absolute Gasteiger partial charge is 0.322 e. The molecule has 0 fully saturated rings. The molecule has 0 radical (unpaired) electrons. The van der Waals surface area contributed by atoms with E-state index in [4.69, 9.17) is 0 Å². The zero-order valence-corrected chi connectivity index (χ0v) is 17.7. The Bertz CT molecular complexity index is 1280. The number of carbonyl (C=O) groups is 1. The molecular weight excluding hydrogens is 396 g/mol. The van der Waals surface area contributed by atoms with Gasteiger partial charge in [-0.1, -0.05) is 42.0 Å². The van der Waals surface area contributed by atoms with E-state index in [1.54, 1.807) is 48.5 Å². The molecule has 1 aliphatic rings. The summed E-state index contributed by atoms with van der Waals surface area (Å²) in [5.74, 6) is -0.245. The van der Waals surface area contributed by atoms with Gasteiger partial charge in [0.15, 0.2) is 0 Å². The Kier molecular flexibility index (Phi) is 4.95. The molecule has 0 saturated heterocycles. The van der Waals surface area contributed by atoms with Crippen LogP contribution in [0, 0.1) is 13.8 Å². The molecule has 3 aromatic rings. The summed E-state index contributed by atoms with van der Waals surface area (Å²) < 4.78 is 27.5. The molecule has 152 valence electrons. The van der Waals surface area contributed by atoms with E-state index in [0.717, 1.165) is 16.8 Å². The van der Waals surface area contributed by atoms with Crippen molar-refractivity contribution < 1.29 is 13.2 Å². The smallest absolute Gasteiger partial charge is 0.265 e. The predicted molar refractivity (Wildman–Crippen MR) is 120 cm³/mol. The third kappa shape index (κ3) is 3.29. The van der Waals surface area contributed by atoms with Crippen LogP contribution >= 0.6 is 0 Å². The fourth-order valence-corrected chi connectivity index (χ4v) is 5.40. The summed E-state index contributed by atoms with van der Waals surface area (Å²) in [6, 6.07) is 17.8. The van der Waals surface area contributed by atoms with Crippen LogP contribution in [0.25, 0.3) is 11.1 Å². The summed E-state index contributed by atoms with van der Waals surface area (Å²) in [7, 11) is -3.69. The second-order valence-corrected chi connectivity index (χ2v) is 9.16. The van der Waals surface area contributed by atoms with Gasteiger partial charge in [0.2, 0.25) is 0 Å². The molecule has 0 aliphatic carbocycles. The molecule has 3 aromatic carbocycles. The minimum Gasteiger partial charge on any atom is -0.322 e. The molecule has 0 atom stereocenters. The molecule has 0 aromatic heterocycles. The first kappa shape index (κ1) is 19.9. The van der Waals surface area contributed by atoms with Gasteiger partial charge < -0.3 is 5.32 Å². The van der Waals surface area contributed by atoms with Crippen LogP contribution in [0.5, 0.6) is 0 Å². The highest BCUT2D eigenvalue weighted by molar-refractivity contribution is 7.93. The van der Waals surface area contributed by atoms with Crippen LogP contribution in [0.15, 0.2) is 78.2 Å². The van der Waals surface area contributed by atoms with Gasteiger partial charge in [-0.15, -0.1) is 6.58 Å². The lowest BCUT2D eigenvalue weighted by atomic mass is 9.99. The lowest BCUT2D eigenvalue weighted by Gasteiger charge is -2.31. The van der Waals surface area contributed by atoms with Crippen molar-refractivity contribution in [2.45, 2.75) is 18.7 Å². The van der Waals surface area contributed by atoms with Crippen molar-refractivity contribution >= 4 is 27.3 Å². The van der Waals surface area contributed by atoms with E-state index in [0.29, 0.717) is 22.4 Å². The monoisotopic (exact) mass is 418 g/mol. The standard InChI is InChI=1S/C24H22N2O3S/c1-4-13-26-22-12-10-18(24(27)25-21-11-9-16(2)14-17(21)3)15-20(22)19-7-5-6-8-23(19)30(26,28)29/h4-12,14-15H,1,13H2,2-3H3,(H,25,27). The van der Waals surface area contributed by atoms with Crippen molar-refractivity contribution in [2.24, 2.45) is 0 Å². The number of benzene rings is 3. The van der Waals surface area contributed by atoms with E-state index in [9.17, 15) is 13.2 Å². The number of nitrogens with zero attached hydrogens (tertiary/aromatic N) is 1. The van der Waals surface area contributed by atoms with Gasteiger partial charge in [0, 0.05) is 22.4 Å². The van der Waals surface area contributed by atoms with Crippen LogP contribution in [-0.4, -0.2) is 20.9 Å². The van der Waals surface area contributed by atoms with Crippen molar-refractivity contribution in [3.8, 4) is 11.1 Å². The number of rotatable bonds is 4. The number of hydrogen-bond acceptors (Lipinski definition) is 3. The quantitative estimate of drug-likeness (QED) is 0.612. The molecule has 1 aliphatic heterocycles. The fraction of sp³-hybridized carbons (Fsp3) is 0.125. The first-order chi connectivity index (χ1) is 14.3. The lowest BCUT2D eigenvalue weighted by Crippen LogP contribution is -2.34. The molecule has 5 nitrogen and oxygen atoms in total. The second-order valence-electron chi connectivity index (χ2n) is 7.33. The Hall–Kier alpha value is -3.38. The van der Waals surface area contributed by atoms with E-state index in [1.165, 1.54) is 4.31 Å². The van der Waals surface area contributed by atoms with Crippen LogP contribution in [0.2, 0.25) is 0 Å². The molecule has 0 bridgehead atoms. The summed E-state index contributed by atoms with van der Waals surface area (Å²) in [5.41, 5.74) is 5.15. The Morgan fingerprint density at radius 1 is 1.03 bits per heavy atom. The van der Waals surface area contributed by atoms with Crippen LogP contribution in [0.4, 0.5) is 11.4 Å². The van der Waals surface area contributed by atoms with Crippen molar-refractivity contribution in [3.63, 3.8) is 0 Å². The molecule has 0 unspecified atom stereocenters. The lowest BCUT2D eigenvalue weighted by molar-refractivity contribution is 0.102. The topological polar surface area (TPSA) is 66.5 Å². The number of nitrogens with one attached hydrogen (secondary N) is 1. The SMILES string of the molecule is C=CCN1c2ccc(C(=O)Nc3ccc(C)cc3C)cc2-c2ccccc2S1(=O)=O. The van der Waals surface area contributed by atoms with Gasteiger partial charge in [-0.05, 0) is 49.7 Å². The predicted octanol–water partition coefficient (Wildman–Crippen LogP) is 4.92. The highest BCUT2D eigenvalue weighted by Gasteiger charge is 2.34. The summed E-state index contributed by atoms with van der Waals surface area (Å²) in [6.45, 7) is 7.79. The van der Waals surface area contributed by atoms with Crippen molar-refractivity contribution in [1.82, 2.24) is 0 Å². The molecule has 1 N–H and O–H groups in total. The van der Waals surface area contributed by atoms with Crippen molar-refractivity contribution in [2.75, 3.05) is 16.2 Å². The molecule has 4 rings (SSSR count). The third-order valence-electron chi connectivity index (χ3n) is 5.20. The van der Waals surface area contributed by atoms with E-state index in [2.05, 4.69) is 11.9 Å². The normalized spacial score (nSPS) is 13.9. The Morgan fingerprint density at radius 2 is 1.80 bits per heavy atom. The fourth-order valence-electron chi connectivity index (χ4n) is 3.73. The molecule has 30 heavy (non-hydrogen) atoms. The molecule has 0 spiro atoms. The summed E-state index contributed by atoms with van der Waals surface area (Å²) in [5, 5.41) is 2.95. The zero-order valence-electron chi connectivity index (χ0n) is 16.8. The van der Waals surface area contributed by atoms with E-state index in [-0.39, 0.29) is 17.3 Å². The van der Waals surface area contributed by atoms with Gasteiger partial charge in [0.05, 0.1) is 17.1 Å². The van der Waals surface area contributed by atoms with E-state index >= 15 is 0 Å². The summed E-state index contributed by atoms with van der Waals surface area (Å²) >= 11 is 0. The van der Waals surface area contributed by atoms with Crippen molar-refractivity contribution in [1.29, 1.82) is 0 Å². The first-order valence-corrected chi connectivity index (χ1v) is 11.0.